The molecule has 102 valence electrons. The third-order valence-electron chi connectivity index (χ3n) is 3.72. The van der Waals surface area contributed by atoms with Crippen molar-refractivity contribution in [3.8, 4) is 10.6 Å². The van der Waals surface area contributed by atoms with Gasteiger partial charge in [0.15, 0.2) is 0 Å². The van der Waals surface area contributed by atoms with Crippen LogP contribution in [0.3, 0.4) is 0 Å². The van der Waals surface area contributed by atoms with E-state index in [4.69, 9.17) is 0 Å². The number of hydrogen-bond acceptors (Lipinski definition) is 0. The van der Waals surface area contributed by atoms with Crippen LogP contribution in [0.5, 0.6) is 0 Å². The minimum absolute atomic E-state index is 0.0968. The summed E-state index contributed by atoms with van der Waals surface area (Å²) in [6, 6.07) is 22.3. The molecule has 0 bridgehead atoms. The molecule has 3 aromatic rings. The van der Waals surface area contributed by atoms with E-state index in [9.17, 15) is 0 Å². The van der Waals surface area contributed by atoms with Gasteiger partial charge in [0.25, 0.3) is 0 Å². The van der Waals surface area contributed by atoms with E-state index >= 15 is 0 Å². The molecule has 0 aliphatic heterocycles. The lowest BCUT2D eigenvalue weighted by Crippen LogP contribution is -1.93. The summed E-state index contributed by atoms with van der Waals surface area (Å²) in [6.07, 6.45) is 2.44. The van der Waals surface area contributed by atoms with Crippen molar-refractivity contribution in [2.24, 2.45) is 0 Å². The summed E-state index contributed by atoms with van der Waals surface area (Å²) in [5.41, 5.74) is 0. The zero-order chi connectivity index (χ0) is 13.9. The van der Waals surface area contributed by atoms with Crippen molar-refractivity contribution in [3.63, 3.8) is 0 Å². The first-order chi connectivity index (χ1) is 9.86. The van der Waals surface area contributed by atoms with E-state index < -0.39 is 0 Å². The van der Waals surface area contributed by atoms with Gasteiger partial charge in [-0.2, -0.15) is 0 Å². The van der Waals surface area contributed by atoms with E-state index in [-0.39, 0.29) is 14.4 Å². The average molecular weight is 298 g/mol. The fourth-order valence-corrected chi connectivity index (χ4v) is 11.8. The van der Waals surface area contributed by atoms with Crippen LogP contribution in [0.25, 0.3) is 10.6 Å². The quantitative estimate of drug-likeness (QED) is 0.499. The van der Waals surface area contributed by atoms with Crippen LogP contribution in [0, 0.1) is 0 Å². The van der Waals surface area contributed by atoms with E-state index in [1.807, 2.05) is 0 Å². The molecule has 2 heteroatoms. The molecule has 0 spiro atoms. The van der Waals surface area contributed by atoms with Crippen LogP contribution >= 0.6 is 14.4 Å². The van der Waals surface area contributed by atoms with Gasteiger partial charge < -0.3 is 0 Å². The maximum atomic E-state index is 2.33. The Labute approximate surface area is 123 Å². The molecule has 0 N–H and O–H groups in total. The molecule has 20 heavy (non-hydrogen) atoms. The van der Waals surface area contributed by atoms with Gasteiger partial charge in [0.2, 0.25) is 0 Å². The summed E-state index contributed by atoms with van der Waals surface area (Å²) in [5, 5.41) is 6.63. The smallest absolute Gasteiger partial charge is 0.00205 e. The Morgan fingerprint density at radius 1 is 0.600 bits per heavy atom. The largest absolute Gasteiger partial charge is 0.0643 e. The Hall–Kier alpha value is -1.22. The normalized spacial score (nSPS) is 12.7. The zero-order valence-corrected chi connectivity index (χ0v) is 13.9. The van der Waals surface area contributed by atoms with Crippen LogP contribution in [0.1, 0.15) is 24.4 Å². The number of benzene rings is 2. The van der Waals surface area contributed by atoms with Crippen LogP contribution in [0.15, 0.2) is 60.7 Å². The van der Waals surface area contributed by atoms with Gasteiger partial charge in [-0.15, -0.1) is 0 Å². The Morgan fingerprint density at radius 3 is 1.25 bits per heavy atom. The van der Waals surface area contributed by atoms with Crippen molar-refractivity contribution in [2.75, 3.05) is 0 Å². The van der Waals surface area contributed by atoms with E-state index in [2.05, 4.69) is 74.5 Å². The monoisotopic (exact) mass is 298 g/mol. The molecule has 0 saturated carbocycles. The highest BCUT2D eigenvalue weighted by Crippen LogP contribution is 2.72. The minimum atomic E-state index is -0.0968. The molecule has 0 nitrogen and oxygen atoms in total. The predicted molar refractivity (Wildman–Crippen MR) is 93.3 cm³/mol. The molecule has 0 amide bonds. The highest BCUT2D eigenvalue weighted by atomic mass is 31.9. The minimum Gasteiger partial charge on any atom is -0.0643 e. The second-order valence-corrected chi connectivity index (χ2v) is 10.7. The fourth-order valence-electron chi connectivity index (χ4n) is 2.83. The van der Waals surface area contributed by atoms with Crippen molar-refractivity contribution in [1.29, 1.82) is 0 Å². The molecule has 1 heterocycles. The zero-order valence-electron chi connectivity index (χ0n) is 12.1. The first-order valence-electron chi connectivity index (χ1n) is 7.29. The second kappa shape index (κ2) is 6.04. The standard InChI is InChI=1S/C18H20P2/c1-3-17-18(4-2)20(16-13-9-6-10-14-16)19(17)15-11-7-5-8-12-15/h5-14H,3-4H2,1-2H3. The van der Waals surface area contributed by atoms with Gasteiger partial charge in [0, 0.05) is 10.6 Å². The SMILES string of the molecule is CCc1c(CC)p(-c2ccccc2)p1-c1ccccc1. The summed E-state index contributed by atoms with van der Waals surface area (Å²) in [7, 11) is -0.194. The molecule has 0 saturated heterocycles. The van der Waals surface area contributed by atoms with Gasteiger partial charge in [-0.05, 0) is 23.4 Å². The fraction of sp³-hybridized carbons (Fsp3) is 0.222. The van der Waals surface area contributed by atoms with Gasteiger partial charge in [0.1, 0.15) is 0 Å². The average Bonchev–Trinajstić information content (AvgIpc) is 2.49. The van der Waals surface area contributed by atoms with Crippen LogP contribution < -0.4 is 0 Å². The van der Waals surface area contributed by atoms with Crippen molar-refractivity contribution >= 4 is 14.4 Å². The molecule has 3 rings (SSSR count). The van der Waals surface area contributed by atoms with E-state index in [1.54, 1.807) is 21.2 Å². The molecule has 0 aliphatic rings. The summed E-state index contributed by atoms with van der Waals surface area (Å²) in [5.74, 6) is 0. The van der Waals surface area contributed by atoms with Crippen LogP contribution in [0.2, 0.25) is 0 Å². The van der Waals surface area contributed by atoms with Gasteiger partial charge in [-0.25, -0.2) is 0 Å². The highest BCUT2D eigenvalue weighted by Gasteiger charge is 2.22. The van der Waals surface area contributed by atoms with Crippen molar-refractivity contribution in [2.45, 2.75) is 26.7 Å². The Morgan fingerprint density at radius 2 is 0.950 bits per heavy atom. The number of rotatable bonds is 4. The third-order valence-corrected chi connectivity index (χ3v) is 12.1. The Kier molecular flexibility index (Phi) is 4.16. The van der Waals surface area contributed by atoms with E-state index in [0.29, 0.717) is 0 Å². The molecular formula is C18H20P2. The summed E-state index contributed by atoms with van der Waals surface area (Å²) < 4.78 is 0. The lowest BCUT2D eigenvalue weighted by molar-refractivity contribution is 1.09. The first kappa shape index (κ1) is 13.7. The van der Waals surface area contributed by atoms with Gasteiger partial charge >= 0.3 is 0 Å². The van der Waals surface area contributed by atoms with Gasteiger partial charge in [-0.1, -0.05) is 88.9 Å². The summed E-state index contributed by atoms with van der Waals surface area (Å²) >= 11 is 0. The van der Waals surface area contributed by atoms with Crippen molar-refractivity contribution in [1.82, 2.24) is 0 Å². The summed E-state index contributed by atoms with van der Waals surface area (Å²) in [6.45, 7) is 4.64. The topological polar surface area (TPSA) is 0 Å². The Bertz CT molecular complexity index is 614. The third kappa shape index (κ3) is 2.28. The summed E-state index contributed by atoms with van der Waals surface area (Å²) in [4.78, 5) is 0. The molecule has 2 aromatic carbocycles. The van der Waals surface area contributed by atoms with Crippen LogP contribution in [-0.2, 0) is 12.8 Å². The predicted octanol–water partition coefficient (Wildman–Crippen LogP) is 6.76. The molecule has 1 aromatic heterocycles. The molecule has 0 aliphatic carbocycles. The van der Waals surface area contributed by atoms with E-state index in [0.717, 1.165) is 0 Å². The van der Waals surface area contributed by atoms with Crippen LogP contribution in [-0.4, -0.2) is 0 Å². The Balaban J connectivity index is 2.19. The van der Waals surface area contributed by atoms with Crippen LogP contribution in [0.4, 0.5) is 0 Å². The highest BCUT2D eigenvalue weighted by molar-refractivity contribution is 8.17. The lowest BCUT2D eigenvalue weighted by atomic mass is 10.3. The van der Waals surface area contributed by atoms with E-state index in [1.165, 1.54) is 12.8 Å². The first-order valence-corrected chi connectivity index (χ1v) is 10.7. The molecule has 0 fully saturated rings. The second-order valence-electron chi connectivity index (χ2n) is 4.90. The van der Waals surface area contributed by atoms with Crippen molar-refractivity contribution < 1.29 is 0 Å². The lowest BCUT2D eigenvalue weighted by Gasteiger charge is -2.27. The molecule has 2 atom stereocenters. The maximum Gasteiger partial charge on any atom is 0.00205 e. The van der Waals surface area contributed by atoms with Gasteiger partial charge in [-0.3, -0.25) is 0 Å². The number of hydrogen-bond donors (Lipinski definition) is 0. The molecular weight excluding hydrogens is 278 g/mol. The maximum absolute atomic E-state index is 2.33. The molecule has 2 unspecified atom stereocenters. The van der Waals surface area contributed by atoms with Crippen molar-refractivity contribution in [3.05, 3.63) is 71.3 Å². The molecule has 0 radical (unpaired) electrons. The van der Waals surface area contributed by atoms with Gasteiger partial charge in [0.05, 0.1) is 0 Å².